The highest BCUT2D eigenvalue weighted by atomic mass is 15.3. The SMILES string of the molecule is CNC1CC2CCCC(C1)N2C1CC1C. The molecule has 0 amide bonds. The zero-order valence-corrected chi connectivity index (χ0v) is 10.1. The maximum Gasteiger partial charge on any atom is 0.0130 e. The predicted molar refractivity (Wildman–Crippen MR) is 62.9 cm³/mol. The molecule has 3 fully saturated rings. The lowest BCUT2D eigenvalue weighted by Crippen LogP contribution is -2.56. The van der Waals surface area contributed by atoms with E-state index < -0.39 is 0 Å². The van der Waals surface area contributed by atoms with E-state index in [1.54, 1.807) is 0 Å². The highest BCUT2D eigenvalue weighted by Crippen LogP contribution is 2.45. The van der Waals surface area contributed by atoms with E-state index in [4.69, 9.17) is 0 Å². The van der Waals surface area contributed by atoms with E-state index in [0.717, 1.165) is 30.1 Å². The molecule has 2 nitrogen and oxygen atoms in total. The Morgan fingerprint density at radius 1 is 1.07 bits per heavy atom. The molecule has 2 heterocycles. The van der Waals surface area contributed by atoms with Gasteiger partial charge in [-0.25, -0.2) is 0 Å². The molecule has 4 atom stereocenters. The molecule has 2 aliphatic heterocycles. The number of nitrogens with one attached hydrogen (secondary N) is 1. The van der Waals surface area contributed by atoms with Gasteiger partial charge in [0.15, 0.2) is 0 Å². The van der Waals surface area contributed by atoms with E-state index in [-0.39, 0.29) is 0 Å². The van der Waals surface area contributed by atoms with Gasteiger partial charge in [-0.05, 0) is 45.1 Å². The van der Waals surface area contributed by atoms with Crippen LogP contribution in [0, 0.1) is 5.92 Å². The van der Waals surface area contributed by atoms with Crippen LogP contribution in [-0.4, -0.2) is 36.1 Å². The number of hydrogen-bond donors (Lipinski definition) is 1. The third-order valence-corrected chi connectivity index (χ3v) is 4.89. The molecule has 86 valence electrons. The van der Waals surface area contributed by atoms with Crippen molar-refractivity contribution < 1.29 is 0 Å². The standard InChI is InChI=1S/C13H24N2/c1-9-6-13(9)15-11-4-3-5-12(15)8-10(7-11)14-2/h9-14H,3-8H2,1-2H3. The largest absolute Gasteiger partial charge is 0.317 e. The summed E-state index contributed by atoms with van der Waals surface area (Å²) < 4.78 is 0. The van der Waals surface area contributed by atoms with E-state index >= 15 is 0 Å². The summed E-state index contributed by atoms with van der Waals surface area (Å²) in [6.45, 7) is 2.42. The van der Waals surface area contributed by atoms with Gasteiger partial charge < -0.3 is 5.32 Å². The average molecular weight is 208 g/mol. The lowest BCUT2D eigenvalue weighted by Gasteiger charge is -2.49. The Hall–Kier alpha value is -0.0800. The monoisotopic (exact) mass is 208 g/mol. The molecule has 2 bridgehead atoms. The van der Waals surface area contributed by atoms with E-state index in [2.05, 4.69) is 24.2 Å². The second-order valence-electron chi connectivity index (χ2n) is 5.92. The first-order valence-corrected chi connectivity index (χ1v) is 6.74. The molecule has 3 rings (SSSR count). The maximum atomic E-state index is 3.50. The highest BCUT2D eigenvalue weighted by Gasteiger charge is 2.48. The van der Waals surface area contributed by atoms with Gasteiger partial charge in [0.1, 0.15) is 0 Å². The molecule has 1 N–H and O–H groups in total. The zero-order valence-electron chi connectivity index (χ0n) is 10.1. The van der Waals surface area contributed by atoms with Crippen molar-refractivity contribution in [3.05, 3.63) is 0 Å². The molecule has 4 unspecified atom stereocenters. The fourth-order valence-corrected chi connectivity index (χ4v) is 3.91. The van der Waals surface area contributed by atoms with Gasteiger partial charge in [-0.15, -0.1) is 0 Å². The van der Waals surface area contributed by atoms with Gasteiger partial charge >= 0.3 is 0 Å². The Labute approximate surface area is 93.4 Å². The summed E-state index contributed by atoms with van der Waals surface area (Å²) in [5.74, 6) is 0.985. The number of piperidine rings is 2. The minimum Gasteiger partial charge on any atom is -0.317 e. The van der Waals surface area contributed by atoms with Crippen LogP contribution in [0.5, 0.6) is 0 Å². The quantitative estimate of drug-likeness (QED) is 0.746. The summed E-state index contributed by atoms with van der Waals surface area (Å²) in [7, 11) is 2.13. The Kier molecular flexibility index (Phi) is 2.52. The summed E-state index contributed by atoms with van der Waals surface area (Å²) in [6, 6.07) is 3.57. The molecule has 0 spiro atoms. The number of hydrogen-bond acceptors (Lipinski definition) is 2. The normalized spacial score (nSPS) is 50.4. The van der Waals surface area contributed by atoms with Crippen LogP contribution in [0.2, 0.25) is 0 Å². The van der Waals surface area contributed by atoms with E-state index in [0.29, 0.717) is 0 Å². The third-order valence-electron chi connectivity index (χ3n) is 4.89. The van der Waals surface area contributed by atoms with Crippen LogP contribution < -0.4 is 5.32 Å². The summed E-state index contributed by atoms with van der Waals surface area (Å²) in [4.78, 5) is 2.90. The molecule has 0 aromatic rings. The van der Waals surface area contributed by atoms with Gasteiger partial charge in [-0.2, -0.15) is 0 Å². The summed E-state index contributed by atoms with van der Waals surface area (Å²) in [6.07, 6.45) is 8.66. The molecule has 2 heteroatoms. The van der Waals surface area contributed by atoms with Crippen molar-refractivity contribution in [3.63, 3.8) is 0 Å². The second kappa shape index (κ2) is 3.74. The van der Waals surface area contributed by atoms with Crippen molar-refractivity contribution in [1.82, 2.24) is 10.2 Å². The predicted octanol–water partition coefficient (Wildman–Crippen LogP) is 2.00. The molecular weight excluding hydrogens is 184 g/mol. The minimum absolute atomic E-state index is 0.797. The number of nitrogens with zero attached hydrogens (tertiary/aromatic N) is 1. The van der Waals surface area contributed by atoms with Gasteiger partial charge in [0.05, 0.1) is 0 Å². The van der Waals surface area contributed by atoms with E-state index in [1.165, 1.54) is 38.5 Å². The number of fused-ring (bicyclic) bond motifs is 2. The first-order valence-electron chi connectivity index (χ1n) is 6.74. The molecule has 0 aromatic heterocycles. The lowest BCUT2D eigenvalue weighted by molar-refractivity contribution is 0.0153. The van der Waals surface area contributed by atoms with Crippen molar-refractivity contribution in [2.45, 2.75) is 69.6 Å². The smallest absolute Gasteiger partial charge is 0.0130 e. The van der Waals surface area contributed by atoms with Gasteiger partial charge in [0, 0.05) is 24.2 Å². The van der Waals surface area contributed by atoms with Gasteiger partial charge in [0.2, 0.25) is 0 Å². The van der Waals surface area contributed by atoms with Crippen LogP contribution in [0.4, 0.5) is 0 Å². The third kappa shape index (κ3) is 1.72. The highest BCUT2D eigenvalue weighted by molar-refractivity contribution is 5.03. The van der Waals surface area contributed by atoms with Gasteiger partial charge in [-0.1, -0.05) is 13.3 Å². The Balaban J connectivity index is 1.73. The van der Waals surface area contributed by atoms with Crippen LogP contribution in [0.1, 0.15) is 45.4 Å². The summed E-state index contributed by atoms with van der Waals surface area (Å²) >= 11 is 0. The Morgan fingerprint density at radius 2 is 1.67 bits per heavy atom. The summed E-state index contributed by atoms with van der Waals surface area (Å²) in [5, 5.41) is 3.50. The van der Waals surface area contributed by atoms with Gasteiger partial charge in [0.25, 0.3) is 0 Å². The van der Waals surface area contributed by atoms with Crippen molar-refractivity contribution in [1.29, 1.82) is 0 Å². The van der Waals surface area contributed by atoms with Crippen molar-refractivity contribution >= 4 is 0 Å². The Bertz CT molecular complexity index is 227. The number of rotatable bonds is 2. The first-order chi connectivity index (χ1) is 7.29. The van der Waals surface area contributed by atoms with Crippen LogP contribution in [0.15, 0.2) is 0 Å². The van der Waals surface area contributed by atoms with Crippen LogP contribution in [0.25, 0.3) is 0 Å². The fourth-order valence-electron chi connectivity index (χ4n) is 3.91. The zero-order chi connectivity index (χ0) is 10.4. The molecule has 0 aromatic carbocycles. The van der Waals surface area contributed by atoms with Crippen molar-refractivity contribution in [2.75, 3.05) is 7.05 Å². The van der Waals surface area contributed by atoms with Crippen molar-refractivity contribution in [2.24, 2.45) is 5.92 Å². The summed E-state index contributed by atoms with van der Waals surface area (Å²) in [5.41, 5.74) is 0. The Morgan fingerprint density at radius 3 is 2.13 bits per heavy atom. The fraction of sp³-hybridized carbons (Fsp3) is 1.00. The van der Waals surface area contributed by atoms with Crippen molar-refractivity contribution in [3.8, 4) is 0 Å². The molecular formula is C13H24N2. The minimum atomic E-state index is 0.797. The topological polar surface area (TPSA) is 15.3 Å². The average Bonchev–Trinajstić information content (AvgIpc) is 2.93. The lowest BCUT2D eigenvalue weighted by atomic mass is 9.81. The molecule has 1 saturated carbocycles. The molecule has 1 aliphatic carbocycles. The van der Waals surface area contributed by atoms with Gasteiger partial charge in [-0.3, -0.25) is 4.90 Å². The molecule has 0 radical (unpaired) electrons. The second-order valence-corrected chi connectivity index (χ2v) is 5.92. The molecule has 2 saturated heterocycles. The first kappa shape index (κ1) is 10.1. The van der Waals surface area contributed by atoms with E-state index in [1.807, 2.05) is 0 Å². The van der Waals surface area contributed by atoms with Crippen LogP contribution in [0.3, 0.4) is 0 Å². The maximum absolute atomic E-state index is 3.50. The van der Waals surface area contributed by atoms with Crippen LogP contribution >= 0.6 is 0 Å². The van der Waals surface area contributed by atoms with Crippen LogP contribution in [-0.2, 0) is 0 Å². The molecule has 15 heavy (non-hydrogen) atoms. The van der Waals surface area contributed by atoms with E-state index in [9.17, 15) is 0 Å². The molecule has 3 aliphatic rings.